The number of carbonyl (C=O) groups is 1. The molecule has 3 rings (SSSR count). The Labute approximate surface area is 167 Å². The minimum atomic E-state index is -3.52. The van der Waals surface area contributed by atoms with E-state index in [0.29, 0.717) is 38.3 Å². The van der Waals surface area contributed by atoms with E-state index in [-0.39, 0.29) is 29.1 Å². The highest BCUT2D eigenvalue weighted by atomic mass is 35.5. The third-order valence-corrected chi connectivity index (χ3v) is 6.92. The van der Waals surface area contributed by atoms with Gasteiger partial charge >= 0.3 is 0 Å². The third-order valence-electron chi connectivity index (χ3n) is 5.00. The molecule has 2 heterocycles. The molecule has 9 heteroatoms. The molecule has 0 saturated carbocycles. The van der Waals surface area contributed by atoms with E-state index in [2.05, 4.69) is 5.32 Å². The van der Waals surface area contributed by atoms with Crippen LogP contribution >= 0.6 is 12.4 Å². The summed E-state index contributed by atoms with van der Waals surface area (Å²) in [6, 6.07) is 6.52. The molecule has 2 fully saturated rings. The van der Waals surface area contributed by atoms with Crippen LogP contribution in [0.3, 0.4) is 0 Å². The van der Waals surface area contributed by atoms with Gasteiger partial charge in [-0.3, -0.25) is 4.79 Å². The number of nitrogens with one attached hydrogen (secondary N) is 1. The number of carbonyl (C=O) groups excluding carboxylic acids is 1. The normalized spacial score (nSPS) is 19.4. The average molecular weight is 418 g/mol. The fourth-order valence-electron chi connectivity index (χ4n) is 3.51. The van der Waals surface area contributed by atoms with Crippen LogP contribution in [-0.2, 0) is 14.8 Å². The Hall–Kier alpha value is -1.35. The molecule has 2 aliphatic rings. The van der Waals surface area contributed by atoms with Crippen molar-refractivity contribution < 1.29 is 17.9 Å². The molecular weight excluding hydrogens is 390 g/mol. The van der Waals surface area contributed by atoms with E-state index in [0.717, 1.165) is 26.2 Å². The van der Waals surface area contributed by atoms with Crippen LogP contribution in [0.15, 0.2) is 29.2 Å². The van der Waals surface area contributed by atoms with Crippen LogP contribution < -0.4 is 10.1 Å². The van der Waals surface area contributed by atoms with Gasteiger partial charge in [0.05, 0.1) is 11.5 Å². The number of amides is 1. The second-order valence-electron chi connectivity index (χ2n) is 6.66. The summed E-state index contributed by atoms with van der Waals surface area (Å²) < 4.78 is 32.5. The molecule has 0 unspecified atom stereocenters. The van der Waals surface area contributed by atoms with Crippen LogP contribution in [0.4, 0.5) is 0 Å². The molecule has 0 bridgehead atoms. The van der Waals surface area contributed by atoms with Gasteiger partial charge in [0.15, 0.2) is 0 Å². The van der Waals surface area contributed by atoms with Crippen molar-refractivity contribution in [1.82, 2.24) is 14.5 Å². The molecule has 7 nitrogen and oxygen atoms in total. The van der Waals surface area contributed by atoms with Gasteiger partial charge in [-0.1, -0.05) is 0 Å². The first kappa shape index (κ1) is 21.9. The molecule has 0 aliphatic carbocycles. The predicted molar refractivity (Wildman–Crippen MR) is 106 cm³/mol. The minimum Gasteiger partial charge on any atom is -0.494 e. The second kappa shape index (κ2) is 9.73. The Kier molecular flexibility index (Phi) is 7.91. The van der Waals surface area contributed by atoms with E-state index >= 15 is 0 Å². The molecule has 0 spiro atoms. The van der Waals surface area contributed by atoms with E-state index in [9.17, 15) is 13.2 Å². The highest BCUT2D eigenvalue weighted by molar-refractivity contribution is 7.89. The van der Waals surface area contributed by atoms with Crippen LogP contribution in [0.5, 0.6) is 5.75 Å². The molecule has 27 heavy (non-hydrogen) atoms. The summed E-state index contributed by atoms with van der Waals surface area (Å²) in [6.45, 7) is 6.34. The van der Waals surface area contributed by atoms with E-state index in [1.807, 2.05) is 11.8 Å². The molecule has 1 N–H and O–H groups in total. The zero-order chi connectivity index (χ0) is 18.6. The van der Waals surface area contributed by atoms with E-state index in [4.69, 9.17) is 4.74 Å². The number of benzene rings is 1. The van der Waals surface area contributed by atoms with Crippen molar-refractivity contribution in [3.63, 3.8) is 0 Å². The molecule has 152 valence electrons. The quantitative estimate of drug-likeness (QED) is 0.782. The molecule has 1 aromatic rings. The lowest BCUT2D eigenvalue weighted by Crippen LogP contribution is -2.50. The zero-order valence-corrected chi connectivity index (χ0v) is 17.2. The van der Waals surface area contributed by atoms with Crippen LogP contribution in [-0.4, -0.2) is 69.4 Å². The number of piperidine rings is 1. The molecular formula is C18H28ClN3O4S. The van der Waals surface area contributed by atoms with Crippen molar-refractivity contribution in [3.8, 4) is 5.75 Å². The fourth-order valence-corrected chi connectivity index (χ4v) is 4.98. The van der Waals surface area contributed by atoms with E-state index in [1.54, 1.807) is 24.3 Å². The van der Waals surface area contributed by atoms with Gasteiger partial charge in [-0.15, -0.1) is 12.4 Å². The number of piperazine rings is 1. The Morgan fingerprint density at radius 2 is 1.70 bits per heavy atom. The standard InChI is InChI=1S/C18H27N3O4S.ClH/c1-2-25-16-3-5-17(6-4-16)26(23,24)21-11-7-15(8-12-21)18(22)20-13-9-19-10-14-20;/h3-6,15,19H,2,7-14H2,1H3;1H. The highest BCUT2D eigenvalue weighted by Gasteiger charge is 2.34. The average Bonchev–Trinajstić information content (AvgIpc) is 2.69. The van der Waals surface area contributed by atoms with Gasteiger partial charge in [0.1, 0.15) is 5.75 Å². The summed E-state index contributed by atoms with van der Waals surface area (Å²) >= 11 is 0. The van der Waals surface area contributed by atoms with Crippen molar-refractivity contribution in [1.29, 1.82) is 0 Å². The first-order chi connectivity index (χ1) is 12.5. The molecule has 0 atom stereocenters. The summed E-state index contributed by atoms with van der Waals surface area (Å²) in [4.78, 5) is 14.8. The molecule has 0 radical (unpaired) electrons. The minimum absolute atomic E-state index is 0. The molecule has 0 aromatic heterocycles. The Morgan fingerprint density at radius 1 is 1.11 bits per heavy atom. The number of ether oxygens (including phenoxy) is 1. The van der Waals surface area contributed by atoms with E-state index < -0.39 is 10.0 Å². The predicted octanol–water partition coefficient (Wildman–Crippen LogP) is 1.34. The summed E-state index contributed by atoms with van der Waals surface area (Å²) in [6.07, 6.45) is 1.16. The zero-order valence-electron chi connectivity index (χ0n) is 15.6. The molecule has 1 aromatic carbocycles. The first-order valence-corrected chi connectivity index (χ1v) is 10.7. The van der Waals surface area contributed by atoms with Gasteiger partial charge < -0.3 is 15.0 Å². The van der Waals surface area contributed by atoms with Gasteiger partial charge in [-0.2, -0.15) is 4.31 Å². The summed E-state index contributed by atoms with van der Waals surface area (Å²) in [5.41, 5.74) is 0. The van der Waals surface area contributed by atoms with Crippen LogP contribution in [0.25, 0.3) is 0 Å². The monoisotopic (exact) mass is 417 g/mol. The Bertz CT molecular complexity index is 713. The van der Waals surface area contributed by atoms with Gasteiger partial charge in [0, 0.05) is 45.2 Å². The van der Waals surface area contributed by atoms with Crippen molar-refractivity contribution in [3.05, 3.63) is 24.3 Å². The second-order valence-corrected chi connectivity index (χ2v) is 8.60. The number of hydrogen-bond acceptors (Lipinski definition) is 5. The van der Waals surface area contributed by atoms with Crippen molar-refractivity contribution in [2.75, 3.05) is 45.9 Å². The lowest BCUT2D eigenvalue weighted by molar-refractivity contribution is -0.137. The molecule has 2 aliphatic heterocycles. The summed E-state index contributed by atoms with van der Waals surface area (Å²) in [5.74, 6) is 0.760. The Balaban J connectivity index is 0.00000261. The van der Waals surface area contributed by atoms with Crippen molar-refractivity contribution in [2.45, 2.75) is 24.7 Å². The smallest absolute Gasteiger partial charge is 0.243 e. The van der Waals surface area contributed by atoms with Crippen LogP contribution in [0, 0.1) is 5.92 Å². The van der Waals surface area contributed by atoms with E-state index in [1.165, 1.54) is 4.31 Å². The van der Waals surface area contributed by atoms with Gasteiger partial charge in [-0.05, 0) is 44.0 Å². The first-order valence-electron chi connectivity index (χ1n) is 9.25. The SMILES string of the molecule is CCOc1ccc(S(=O)(=O)N2CCC(C(=O)N3CCNCC3)CC2)cc1.Cl. The molecule has 1 amide bonds. The maximum atomic E-state index is 12.8. The number of halogens is 1. The number of rotatable bonds is 5. The Morgan fingerprint density at radius 3 is 2.26 bits per heavy atom. The molecule has 2 saturated heterocycles. The lowest BCUT2D eigenvalue weighted by atomic mass is 9.96. The van der Waals surface area contributed by atoms with Gasteiger partial charge in [-0.25, -0.2) is 8.42 Å². The van der Waals surface area contributed by atoms with Crippen LogP contribution in [0.2, 0.25) is 0 Å². The highest BCUT2D eigenvalue weighted by Crippen LogP contribution is 2.26. The number of hydrogen-bond donors (Lipinski definition) is 1. The number of nitrogens with zero attached hydrogens (tertiary/aromatic N) is 2. The van der Waals surface area contributed by atoms with Crippen molar-refractivity contribution >= 4 is 28.3 Å². The number of sulfonamides is 1. The summed E-state index contributed by atoms with van der Waals surface area (Å²) in [5, 5.41) is 3.24. The largest absolute Gasteiger partial charge is 0.494 e. The van der Waals surface area contributed by atoms with Gasteiger partial charge in [0.25, 0.3) is 0 Å². The van der Waals surface area contributed by atoms with Crippen LogP contribution in [0.1, 0.15) is 19.8 Å². The lowest BCUT2D eigenvalue weighted by Gasteiger charge is -2.35. The summed E-state index contributed by atoms with van der Waals surface area (Å²) in [7, 11) is -3.52. The fraction of sp³-hybridized carbons (Fsp3) is 0.611. The van der Waals surface area contributed by atoms with Gasteiger partial charge in [0.2, 0.25) is 15.9 Å². The van der Waals surface area contributed by atoms with Crippen molar-refractivity contribution in [2.24, 2.45) is 5.92 Å². The maximum absolute atomic E-state index is 12.8. The maximum Gasteiger partial charge on any atom is 0.243 e. The third kappa shape index (κ3) is 5.13. The topological polar surface area (TPSA) is 79.0 Å².